The summed E-state index contributed by atoms with van der Waals surface area (Å²) in [6.45, 7) is 20.9. The fraction of sp³-hybridized carbons (Fsp3) is 0.467. The molecule has 0 atom stereocenters. The molecule has 2 fully saturated rings. The van der Waals surface area contributed by atoms with Crippen LogP contribution in [0.1, 0.15) is 66.5 Å². The zero-order valence-corrected chi connectivity index (χ0v) is 24.9. The smallest absolute Gasteiger partial charge is 0.399 e. The first kappa shape index (κ1) is 27.8. The average Bonchev–Trinajstić information content (AvgIpc) is 3.16. The van der Waals surface area contributed by atoms with Crippen molar-refractivity contribution in [3.63, 3.8) is 0 Å². The normalized spacial score (nSPS) is 21.1. The predicted molar refractivity (Wildman–Crippen MR) is 156 cm³/mol. The minimum absolute atomic E-state index is 0.351. The first-order valence-electron chi connectivity index (χ1n) is 13.0. The minimum atomic E-state index is -2.04. The predicted octanol–water partition coefficient (Wildman–Crippen LogP) is 4.48. The van der Waals surface area contributed by atoms with E-state index in [2.05, 4.69) is 91.4 Å². The molecule has 37 heavy (non-hydrogen) atoms. The number of hydrogen-bond acceptors (Lipinski definition) is 4. The van der Waals surface area contributed by atoms with Crippen molar-refractivity contribution in [1.82, 2.24) is 0 Å². The van der Waals surface area contributed by atoms with E-state index in [0.29, 0.717) is 0 Å². The molecule has 2 aliphatic rings. The highest BCUT2D eigenvalue weighted by Crippen LogP contribution is 2.37. The van der Waals surface area contributed by atoms with Crippen molar-refractivity contribution in [1.29, 1.82) is 0 Å². The van der Waals surface area contributed by atoms with E-state index in [-0.39, 0.29) is 36.6 Å². The van der Waals surface area contributed by atoms with Crippen molar-refractivity contribution in [3.05, 3.63) is 59.7 Å². The molecule has 0 aromatic heterocycles. The molecule has 4 rings (SSSR count). The molecule has 2 aromatic carbocycles. The minimum Gasteiger partial charge on any atom is -0.399 e. The van der Waals surface area contributed by atoms with Gasteiger partial charge >= 0.3 is 14.2 Å². The van der Waals surface area contributed by atoms with Crippen LogP contribution < -0.4 is 10.9 Å². The first-order chi connectivity index (χ1) is 17.0. The molecule has 0 bridgehead atoms. The molecule has 0 N–H and O–H groups in total. The lowest BCUT2D eigenvalue weighted by Crippen LogP contribution is -2.41. The standard InChI is InChI=1S/C30H38B2O4Si/c1-27(2)28(3,4)34-31(33-27)25-15-11-23(12-16-25)19-21-37(9,10)22-20-24-13-17-26(18-14-24)32-35-29(5,6)30(7,8)36-32/h11-18H,1-10H3. The number of benzene rings is 2. The van der Waals surface area contributed by atoms with Crippen molar-refractivity contribution in [3.8, 4) is 22.9 Å². The van der Waals surface area contributed by atoms with Gasteiger partial charge in [-0.1, -0.05) is 36.1 Å². The van der Waals surface area contributed by atoms with Crippen molar-refractivity contribution in [2.75, 3.05) is 0 Å². The Morgan fingerprint density at radius 2 is 0.784 bits per heavy atom. The van der Waals surface area contributed by atoms with Gasteiger partial charge in [-0.25, -0.2) is 0 Å². The van der Waals surface area contributed by atoms with Gasteiger partial charge in [0.15, 0.2) is 0 Å². The summed E-state index contributed by atoms with van der Waals surface area (Å²) in [4.78, 5) is 0. The van der Waals surface area contributed by atoms with E-state index < -0.39 is 8.07 Å². The summed E-state index contributed by atoms with van der Waals surface area (Å²) in [6.07, 6.45) is 0. The van der Waals surface area contributed by atoms with Crippen molar-refractivity contribution >= 4 is 33.2 Å². The molecule has 0 spiro atoms. The van der Waals surface area contributed by atoms with Crippen LogP contribution in [0.25, 0.3) is 0 Å². The third-order valence-electron chi connectivity index (χ3n) is 7.91. The molecule has 0 saturated carbocycles. The Kier molecular flexibility index (Phi) is 7.12. The van der Waals surface area contributed by atoms with E-state index in [0.717, 1.165) is 22.1 Å². The van der Waals surface area contributed by atoms with Gasteiger partial charge in [0, 0.05) is 11.1 Å². The molecule has 0 radical (unpaired) electrons. The summed E-state index contributed by atoms with van der Waals surface area (Å²) < 4.78 is 24.6. The fourth-order valence-corrected chi connectivity index (χ4v) is 4.87. The Bertz CT molecular complexity index is 1140. The Morgan fingerprint density at radius 3 is 1.05 bits per heavy atom. The number of rotatable bonds is 2. The SMILES string of the molecule is CC1(C)OB(c2ccc(C#C[Si](C)(C)C#Cc3ccc(B4OC(C)(C)C(C)(C)O4)cc3)cc2)OC1(C)C. The zero-order chi connectivity index (χ0) is 27.3. The quantitative estimate of drug-likeness (QED) is 0.440. The van der Waals surface area contributed by atoms with Crippen LogP contribution in [-0.2, 0) is 18.6 Å². The Labute approximate surface area is 225 Å². The van der Waals surface area contributed by atoms with Crippen molar-refractivity contribution in [2.45, 2.75) is 90.9 Å². The first-order valence-corrected chi connectivity index (χ1v) is 16.0. The van der Waals surface area contributed by atoms with Crippen LogP contribution in [0.2, 0.25) is 13.1 Å². The molecular formula is C30H38B2O4Si. The maximum Gasteiger partial charge on any atom is 0.494 e. The van der Waals surface area contributed by atoms with Gasteiger partial charge in [0.25, 0.3) is 0 Å². The monoisotopic (exact) mass is 512 g/mol. The lowest BCUT2D eigenvalue weighted by Gasteiger charge is -2.32. The van der Waals surface area contributed by atoms with Crippen LogP contribution in [-0.4, -0.2) is 44.7 Å². The van der Waals surface area contributed by atoms with Gasteiger partial charge in [-0.15, -0.1) is 11.1 Å². The molecule has 2 aliphatic heterocycles. The Balaban J connectivity index is 1.40. The summed E-state index contributed by atoms with van der Waals surface area (Å²) in [5.41, 5.74) is 9.44. The van der Waals surface area contributed by atoms with E-state index in [9.17, 15) is 0 Å². The summed E-state index contributed by atoms with van der Waals surface area (Å²) in [6, 6.07) is 16.3. The van der Waals surface area contributed by atoms with Crippen molar-refractivity contribution in [2.24, 2.45) is 0 Å². The molecular weight excluding hydrogens is 474 g/mol. The lowest BCUT2D eigenvalue weighted by atomic mass is 9.79. The van der Waals surface area contributed by atoms with Gasteiger partial charge in [-0.2, -0.15) is 0 Å². The van der Waals surface area contributed by atoms with Crippen LogP contribution in [0.15, 0.2) is 48.5 Å². The zero-order valence-electron chi connectivity index (χ0n) is 23.9. The third-order valence-corrected chi connectivity index (χ3v) is 9.41. The highest BCUT2D eigenvalue weighted by atomic mass is 28.3. The molecule has 2 heterocycles. The molecule has 192 valence electrons. The van der Waals surface area contributed by atoms with Crippen LogP contribution in [0.4, 0.5) is 0 Å². The second-order valence-corrected chi connectivity index (χ2v) is 16.3. The van der Waals surface area contributed by atoms with E-state index >= 15 is 0 Å². The van der Waals surface area contributed by atoms with E-state index in [4.69, 9.17) is 18.6 Å². The van der Waals surface area contributed by atoms with Gasteiger partial charge in [0.05, 0.1) is 22.4 Å². The maximum absolute atomic E-state index is 6.15. The van der Waals surface area contributed by atoms with Gasteiger partial charge in [-0.05, 0) is 104 Å². The molecule has 2 aromatic rings. The van der Waals surface area contributed by atoms with Crippen LogP contribution in [0.3, 0.4) is 0 Å². The Morgan fingerprint density at radius 1 is 0.514 bits per heavy atom. The van der Waals surface area contributed by atoms with Crippen LogP contribution >= 0.6 is 0 Å². The van der Waals surface area contributed by atoms with E-state index in [1.807, 2.05) is 48.5 Å². The number of hydrogen-bond donors (Lipinski definition) is 0. The average molecular weight is 512 g/mol. The second-order valence-electron chi connectivity index (χ2n) is 12.5. The molecule has 0 amide bonds. The molecule has 0 aliphatic carbocycles. The maximum atomic E-state index is 6.15. The summed E-state index contributed by atoms with van der Waals surface area (Å²) in [5, 5.41) is 0. The lowest BCUT2D eigenvalue weighted by molar-refractivity contribution is 0.00578. The van der Waals surface area contributed by atoms with Crippen LogP contribution in [0.5, 0.6) is 0 Å². The fourth-order valence-electron chi connectivity index (χ4n) is 3.89. The summed E-state index contributed by atoms with van der Waals surface area (Å²) >= 11 is 0. The van der Waals surface area contributed by atoms with Gasteiger partial charge < -0.3 is 18.6 Å². The highest BCUT2D eigenvalue weighted by Gasteiger charge is 2.52. The van der Waals surface area contributed by atoms with E-state index in [1.165, 1.54) is 0 Å². The van der Waals surface area contributed by atoms with Gasteiger partial charge in [0.1, 0.15) is 0 Å². The highest BCUT2D eigenvalue weighted by molar-refractivity contribution is 6.92. The summed E-state index contributed by atoms with van der Waals surface area (Å²) in [7, 11) is -2.77. The van der Waals surface area contributed by atoms with Crippen molar-refractivity contribution < 1.29 is 18.6 Å². The topological polar surface area (TPSA) is 36.9 Å². The third kappa shape index (κ3) is 5.93. The van der Waals surface area contributed by atoms with Gasteiger partial charge in [0.2, 0.25) is 8.07 Å². The van der Waals surface area contributed by atoms with Gasteiger partial charge in [-0.3, -0.25) is 0 Å². The molecule has 0 unspecified atom stereocenters. The molecule has 7 heteroatoms. The molecule has 4 nitrogen and oxygen atoms in total. The molecule has 2 saturated heterocycles. The van der Waals surface area contributed by atoms with Crippen LogP contribution in [0, 0.1) is 22.9 Å². The van der Waals surface area contributed by atoms with E-state index in [1.54, 1.807) is 0 Å². The second kappa shape index (κ2) is 9.49. The largest absolute Gasteiger partial charge is 0.494 e. The Hall–Kier alpha value is -2.25. The summed E-state index contributed by atoms with van der Waals surface area (Å²) in [5.74, 6) is 6.66.